The number of hydrogen-bond donors (Lipinski definition) is 0. The third-order valence-corrected chi connectivity index (χ3v) is 4.39. The van der Waals surface area contributed by atoms with E-state index in [1.165, 1.54) is 6.07 Å². The Morgan fingerprint density at radius 1 is 0.737 bits per heavy atom. The van der Waals surface area contributed by atoms with Crippen LogP contribution in [0.5, 0.6) is 0 Å². The van der Waals surface area contributed by atoms with Gasteiger partial charge in [0.2, 0.25) is 0 Å². The van der Waals surface area contributed by atoms with Crippen molar-refractivity contribution in [3.63, 3.8) is 0 Å². The van der Waals surface area contributed by atoms with Crippen LogP contribution in [0, 0.1) is 0 Å². The minimum atomic E-state index is -4.35. The van der Waals surface area contributed by atoms with Crippen LogP contribution in [0.2, 0.25) is 0 Å². The lowest BCUT2D eigenvalue weighted by molar-refractivity contribution is -0.137. The summed E-state index contributed by atoms with van der Waals surface area (Å²) in [6.45, 7) is 0. The highest BCUT2D eigenvalue weighted by molar-refractivity contribution is 9.11. The van der Waals surface area contributed by atoms with Gasteiger partial charge >= 0.3 is 6.18 Å². The molecule has 0 saturated carbocycles. The first-order valence-electron chi connectivity index (χ1n) is 5.11. The van der Waals surface area contributed by atoms with Crippen LogP contribution in [0.3, 0.4) is 0 Å². The molecule has 0 saturated heterocycles. The van der Waals surface area contributed by atoms with E-state index in [0.29, 0.717) is 15.6 Å². The first kappa shape index (κ1) is 15.1. The highest BCUT2D eigenvalue weighted by Crippen LogP contribution is 2.39. The Morgan fingerprint density at radius 3 is 1.84 bits per heavy atom. The maximum atomic E-state index is 12.8. The Labute approximate surface area is 133 Å². The van der Waals surface area contributed by atoms with E-state index in [0.717, 1.165) is 21.1 Å². The van der Waals surface area contributed by atoms with Gasteiger partial charge in [-0.3, -0.25) is 0 Å². The van der Waals surface area contributed by atoms with Crippen molar-refractivity contribution in [2.24, 2.45) is 0 Å². The molecule has 0 atom stereocenters. The van der Waals surface area contributed by atoms with Gasteiger partial charge in [-0.1, -0.05) is 47.8 Å². The van der Waals surface area contributed by atoms with Gasteiger partial charge in [-0.05, 0) is 47.5 Å². The van der Waals surface area contributed by atoms with E-state index in [2.05, 4.69) is 47.8 Å². The molecule has 0 amide bonds. The first-order chi connectivity index (χ1) is 8.79. The summed E-state index contributed by atoms with van der Waals surface area (Å²) in [7, 11) is 0. The molecule has 0 bridgehead atoms. The summed E-state index contributed by atoms with van der Waals surface area (Å²) in [5, 5.41) is 0. The summed E-state index contributed by atoms with van der Waals surface area (Å²) in [6, 6.07) is 8.97. The Balaban J connectivity index is 2.64. The number of alkyl halides is 3. The van der Waals surface area contributed by atoms with E-state index < -0.39 is 11.7 Å². The summed E-state index contributed by atoms with van der Waals surface area (Å²) < 4.78 is 40.4. The average Bonchev–Trinajstić information content (AvgIpc) is 2.32. The Hall–Kier alpha value is -0.330. The molecule has 0 nitrogen and oxygen atoms in total. The van der Waals surface area contributed by atoms with E-state index in [1.54, 1.807) is 12.1 Å². The zero-order valence-corrected chi connectivity index (χ0v) is 14.0. The molecule has 19 heavy (non-hydrogen) atoms. The van der Waals surface area contributed by atoms with E-state index in [1.807, 2.05) is 6.07 Å². The molecule has 0 radical (unpaired) electrons. The van der Waals surface area contributed by atoms with Crippen LogP contribution < -0.4 is 0 Å². The summed E-state index contributed by atoms with van der Waals surface area (Å²) in [4.78, 5) is 0. The SMILES string of the molecule is FC(F)(F)c1ccc(Br)c(-c2cc(Br)ccc2Br)c1. The first-order valence-corrected chi connectivity index (χ1v) is 7.49. The van der Waals surface area contributed by atoms with Crippen LogP contribution in [0.25, 0.3) is 11.1 Å². The normalized spacial score (nSPS) is 11.7. The molecular formula is C13H6Br3F3. The highest BCUT2D eigenvalue weighted by atomic mass is 79.9. The minimum Gasteiger partial charge on any atom is -0.166 e. The molecule has 0 unspecified atom stereocenters. The highest BCUT2D eigenvalue weighted by Gasteiger charge is 2.31. The quantitative estimate of drug-likeness (QED) is 0.448. The number of benzene rings is 2. The molecule has 100 valence electrons. The lowest BCUT2D eigenvalue weighted by Crippen LogP contribution is -2.04. The van der Waals surface area contributed by atoms with Gasteiger partial charge in [-0.15, -0.1) is 0 Å². The number of halogens is 6. The maximum Gasteiger partial charge on any atom is 0.416 e. The summed E-state index contributed by atoms with van der Waals surface area (Å²) in [5.74, 6) is 0. The molecular weight excluding hydrogens is 453 g/mol. The molecule has 0 aliphatic carbocycles. The average molecular weight is 459 g/mol. The maximum absolute atomic E-state index is 12.8. The second kappa shape index (κ2) is 5.58. The molecule has 0 spiro atoms. The van der Waals surface area contributed by atoms with Crippen LogP contribution in [0.15, 0.2) is 49.8 Å². The van der Waals surface area contributed by atoms with Crippen molar-refractivity contribution >= 4 is 47.8 Å². The van der Waals surface area contributed by atoms with Crippen LogP contribution in [-0.2, 0) is 6.18 Å². The Kier molecular flexibility index (Phi) is 4.42. The molecule has 0 aromatic heterocycles. The van der Waals surface area contributed by atoms with E-state index in [4.69, 9.17) is 0 Å². The Morgan fingerprint density at radius 2 is 1.26 bits per heavy atom. The monoisotopic (exact) mass is 456 g/mol. The van der Waals surface area contributed by atoms with Crippen LogP contribution in [0.4, 0.5) is 13.2 Å². The third kappa shape index (κ3) is 3.41. The van der Waals surface area contributed by atoms with Crippen molar-refractivity contribution in [3.05, 3.63) is 55.4 Å². The summed E-state index contributed by atoms with van der Waals surface area (Å²) in [5.41, 5.74) is 0.507. The zero-order valence-electron chi connectivity index (χ0n) is 9.23. The van der Waals surface area contributed by atoms with E-state index in [9.17, 15) is 13.2 Å². The molecule has 0 N–H and O–H groups in total. The number of rotatable bonds is 1. The summed E-state index contributed by atoms with van der Waals surface area (Å²) in [6.07, 6.45) is -4.35. The fraction of sp³-hybridized carbons (Fsp3) is 0.0769. The molecule has 0 fully saturated rings. The van der Waals surface area contributed by atoms with Gasteiger partial charge in [-0.2, -0.15) is 13.2 Å². The van der Waals surface area contributed by atoms with Crippen molar-refractivity contribution in [1.82, 2.24) is 0 Å². The van der Waals surface area contributed by atoms with Crippen molar-refractivity contribution in [2.45, 2.75) is 6.18 Å². The van der Waals surface area contributed by atoms with E-state index in [-0.39, 0.29) is 0 Å². The standard InChI is InChI=1S/C13H6Br3F3/c14-8-2-4-12(16)10(6-8)9-5-7(13(17,18)19)1-3-11(9)15/h1-6H. The van der Waals surface area contributed by atoms with Crippen molar-refractivity contribution in [3.8, 4) is 11.1 Å². The van der Waals surface area contributed by atoms with Crippen LogP contribution in [0.1, 0.15) is 5.56 Å². The van der Waals surface area contributed by atoms with Crippen LogP contribution >= 0.6 is 47.8 Å². The predicted molar refractivity (Wildman–Crippen MR) is 80.0 cm³/mol. The summed E-state index contributed by atoms with van der Waals surface area (Å²) >= 11 is 9.96. The van der Waals surface area contributed by atoms with Gasteiger partial charge in [0.1, 0.15) is 0 Å². The van der Waals surface area contributed by atoms with Crippen molar-refractivity contribution < 1.29 is 13.2 Å². The van der Waals surface area contributed by atoms with E-state index >= 15 is 0 Å². The van der Waals surface area contributed by atoms with Gasteiger partial charge in [0.15, 0.2) is 0 Å². The molecule has 2 aromatic carbocycles. The van der Waals surface area contributed by atoms with Crippen molar-refractivity contribution in [2.75, 3.05) is 0 Å². The topological polar surface area (TPSA) is 0 Å². The molecule has 2 aromatic rings. The molecule has 2 rings (SSSR count). The van der Waals surface area contributed by atoms with Crippen molar-refractivity contribution in [1.29, 1.82) is 0 Å². The molecule has 0 heterocycles. The zero-order chi connectivity index (χ0) is 14.2. The van der Waals surface area contributed by atoms with Gasteiger partial charge in [0.25, 0.3) is 0 Å². The number of hydrogen-bond acceptors (Lipinski definition) is 0. The second-order valence-electron chi connectivity index (χ2n) is 3.82. The molecule has 0 aliphatic rings. The van der Waals surface area contributed by atoms with Crippen LogP contribution in [-0.4, -0.2) is 0 Å². The lowest BCUT2D eigenvalue weighted by Gasteiger charge is -2.12. The molecule has 0 aliphatic heterocycles. The minimum absolute atomic E-state index is 0.489. The Bertz CT molecular complexity index is 621. The third-order valence-electron chi connectivity index (χ3n) is 2.51. The lowest BCUT2D eigenvalue weighted by atomic mass is 10.0. The van der Waals surface area contributed by atoms with Gasteiger partial charge < -0.3 is 0 Å². The van der Waals surface area contributed by atoms with Gasteiger partial charge in [0.05, 0.1) is 5.56 Å². The molecule has 6 heteroatoms. The fourth-order valence-electron chi connectivity index (χ4n) is 1.61. The fourth-order valence-corrected chi connectivity index (χ4v) is 2.89. The van der Waals surface area contributed by atoms with Gasteiger partial charge in [0, 0.05) is 13.4 Å². The van der Waals surface area contributed by atoms with Gasteiger partial charge in [-0.25, -0.2) is 0 Å². The second-order valence-corrected chi connectivity index (χ2v) is 6.44. The largest absolute Gasteiger partial charge is 0.416 e. The predicted octanol–water partition coefficient (Wildman–Crippen LogP) is 6.66. The smallest absolute Gasteiger partial charge is 0.166 e.